The van der Waals surface area contributed by atoms with E-state index in [-0.39, 0.29) is 12.1 Å². The first kappa shape index (κ1) is 8.43. The van der Waals surface area contributed by atoms with Crippen molar-refractivity contribution in [3.05, 3.63) is 0 Å². The molecular weight excluding hydrogens is 118 g/mol. The van der Waals surface area contributed by atoms with Crippen LogP contribution in [0.3, 0.4) is 0 Å². The van der Waals surface area contributed by atoms with Gasteiger partial charge in [0.1, 0.15) is 0 Å². The summed E-state index contributed by atoms with van der Waals surface area (Å²) in [6.45, 7) is 3.82. The van der Waals surface area contributed by atoms with E-state index in [1.807, 2.05) is 13.8 Å². The number of aliphatic hydroxyl groups is 1. The standard InChI is InChI=1S/C6H13NO2/c1-6(2,3-4-8)7-5-9/h5,8H,3-4H2,1-2H3,(H,7,9). The fourth-order valence-corrected chi connectivity index (χ4v) is 0.511. The second-order valence-corrected chi connectivity index (χ2v) is 2.62. The Balaban J connectivity index is 3.55. The average Bonchev–Trinajstić information content (AvgIpc) is 1.64. The molecule has 3 heteroatoms. The Labute approximate surface area is 55.1 Å². The third kappa shape index (κ3) is 3.97. The van der Waals surface area contributed by atoms with E-state index in [1.165, 1.54) is 0 Å². The van der Waals surface area contributed by atoms with Crippen LogP contribution in [0.2, 0.25) is 0 Å². The third-order valence-electron chi connectivity index (χ3n) is 1.19. The highest BCUT2D eigenvalue weighted by atomic mass is 16.3. The number of nitrogens with one attached hydrogen (secondary N) is 1. The number of rotatable bonds is 4. The van der Waals surface area contributed by atoms with Gasteiger partial charge in [0.15, 0.2) is 0 Å². The number of carbonyl (C=O) groups excluding carboxylic acids is 1. The predicted octanol–water partition coefficient (Wildman–Crippen LogP) is -0.107. The highest BCUT2D eigenvalue weighted by Crippen LogP contribution is 2.04. The van der Waals surface area contributed by atoms with Gasteiger partial charge in [-0.05, 0) is 20.3 Å². The molecule has 54 valence electrons. The van der Waals surface area contributed by atoms with Gasteiger partial charge in [0.2, 0.25) is 6.41 Å². The molecule has 0 aliphatic rings. The Morgan fingerprint density at radius 2 is 2.22 bits per heavy atom. The van der Waals surface area contributed by atoms with E-state index >= 15 is 0 Å². The van der Waals surface area contributed by atoms with Crippen molar-refractivity contribution in [2.75, 3.05) is 6.61 Å². The van der Waals surface area contributed by atoms with Crippen LogP contribution in [0.4, 0.5) is 0 Å². The van der Waals surface area contributed by atoms with Crippen LogP contribution in [0.15, 0.2) is 0 Å². The number of aliphatic hydroxyl groups excluding tert-OH is 1. The summed E-state index contributed by atoms with van der Waals surface area (Å²) < 4.78 is 0. The summed E-state index contributed by atoms with van der Waals surface area (Å²) in [5, 5.41) is 11.1. The van der Waals surface area contributed by atoms with Crippen LogP contribution in [-0.4, -0.2) is 23.7 Å². The van der Waals surface area contributed by atoms with Gasteiger partial charge in [0, 0.05) is 12.1 Å². The molecule has 3 nitrogen and oxygen atoms in total. The summed E-state index contributed by atoms with van der Waals surface area (Å²) in [5.41, 5.74) is -0.267. The second kappa shape index (κ2) is 3.45. The monoisotopic (exact) mass is 131 g/mol. The van der Waals surface area contributed by atoms with Gasteiger partial charge in [-0.2, -0.15) is 0 Å². The number of hydrogen-bond donors (Lipinski definition) is 2. The van der Waals surface area contributed by atoms with Crippen molar-refractivity contribution >= 4 is 6.41 Å². The Bertz CT molecular complexity index is 91.1. The quantitative estimate of drug-likeness (QED) is 0.523. The molecule has 0 radical (unpaired) electrons. The molecule has 0 aliphatic carbocycles. The van der Waals surface area contributed by atoms with E-state index < -0.39 is 0 Å². The lowest BCUT2D eigenvalue weighted by atomic mass is 10.0. The van der Waals surface area contributed by atoms with Crippen LogP contribution >= 0.6 is 0 Å². The van der Waals surface area contributed by atoms with Gasteiger partial charge < -0.3 is 10.4 Å². The zero-order valence-electron chi connectivity index (χ0n) is 5.85. The fourth-order valence-electron chi connectivity index (χ4n) is 0.511. The van der Waals surface area contributed by atoms with Crippen molar-refractivity contribution < 1.29 is 9.90 Å². The smallest absolute Gasteiger partial charge is 0.207 e. The lowest BCUT2D eigenvalue weighted by molar-refractivity contribution is -0.111. The molecule has 0 rings (SSSR count). The molecule has 0 atom stereocenters. The van der Waals surface area contributed by atoms with Crippen molar-refractivity contribution in [1.29, 1.82) is 0 Å². The SMILES string of the molecule is CC(C)(CCO)NC=O. The van der Waals surface area contributed by atoms with E-state index in [1.54, 1.807) is 0 Å². The molecule has 0 aromatic rings. The largest absolute Gasteiger partial charge is 0.396 e. The highest BCUT2D eigenvalue weighted by Gasteiger charge is 2.13. The molecule has 0 spiro atoms. The molecular formula is C6H13NO2. The van der Waals surface area contributed by atoms with Gasteiger partial charge >= 0.3 is 0 Å². The Hall–Kier alpha value is -0.570. The number of hydrogen-bond acceptors (Lipinski definition) is 2. The number of carbonyl (C=O) groups is 1. The average molecular weight is 131 g/mol. The lowest BCUT2D eigenvalue weighted by Gasteiger charge is -2.21. The Morgan fingerprint density at radius 3 is 2.56 bits per heavy atom. The second-order valence-electron chi connectivity index (χ2n) is 2.62. The first-order valence-corrected chi connectivity index (χ1v) is 2.94. The van der Waals surface area contributed by atoms with Gasteiger partial charge in [-0.1, -0.05) is 0 Å². The summed E-state index contributed by atoms with van der Waals surface area (Å²) in [6.07, 6.45) is 1.24. The van der Waals surface area contributed by atoms with Crippen LogP contribution in [-0.2, 0) is 4.79 Å². The third-order valence-corrected chi connectivity index (χ3v) is 1.19. The van der Waals surface area contributed by atoms with Crippen LogP contribution in [0, 0.1) is 0 Å². The first-order valence-electron chi connectivity index (χ1n) is 2.94. The van der Waals surface area contributed by atoms with Gasteiger partial charge in [0.25, 0.3) is 0 Å². The molecule has 0 unspecified atom stereocenters. The normalized spacial score (nSPS) is 11.0. The van der Waals surface area contributed by atoms with Crippen LogP contribution < -0.4 is 5.32 Å². The minimum Gasteiger partial charge on any atom is -0.396 e. The summed E-state index contributed by atoms with van der Waals surface area (Å²) in [5.74, 6) is 0. The molecule has 0 heterocycles. The Morgan fingerprint density at radius 1 is 1.67 bits per heavy atom. The van der Waals surface area contributed by atoms with Crippen LogP contribution in [0.1, 0.15) is 20.3 Å². The van der Waals surface area contributed by atoms with Crippen molar-refractivity contribution in [2.24, 2.45) is 0 Å². The molecule has 0 aromatic carbocycles. The van der Waals surface area contributed by atoms with E-state index in [0.29, 0.717) is 12.8 Å². The topological polar surface area (TPSA) is 49.3 Å². The minimum absolute atomic E-state index is 0.105. The van der Waals surface area contributed by atoms with E-state index in [0.717, 1.165) is 0 Å². The molecule has 9 heavy (non-hydrogen) atoms. The molecule has 0 saturated heterocycles. The minimum atomic E-state index is -0.267. The van der Waals surface area contributed by atoms with Gasteiger partial charge in [0.05, 0.1) is 0 Å². The summed E-state index contributed by atoms with van der Waals surface area (Å²) in [4.78, 5) is 9.90. The van der Waals surface area contributed by atoms with Crippen molar-refractivity contribution in [1.82, 2.24) is 5.32 Å². The first-order chi connectivity index (χ1) is 4.12. The fraction of sp³-hybridized carbons (Fsp3) is 0.833. The maximum absolute atomic E-state index is 9.90. The predicted molar refractivity (Wildman–Crippen MR) is 35.0 cm³/mol. The molecule has 0 aromatic heterocycles. The molecule has 2 N–H and O–H groups in total. The molecule has 0 aliphatic heterocycles. The highest BCUT2D eigenvalue weighted by molar-refractivity contribution is 5.47. The van der Waals surface area contributed by atoms with Gasteiger partial charge in [-0.15, -0.1) is 0 Å². The van der Waals surface area contributed by atoms with E-state index in [2.05, 4.69) is 5.32 Å². The van der Waals surface area contributed by atoms with Crippen molar-refractivity contribution in [3.63, 3.8) is 0 Å². The van der Waals surface area contributed by atoms with Gasteiger partial charge in [-0.3, -0.25) is 4.79 Å². The lowest BCUT2D eigenvalue weighted by Crippen LogP contribution is -2.38. The van der Waals surface area contributed by atoms with Crippen LogP contribution in [0.25, 0.3) is 0 Å². The van der Waals surface area contributed by atoms with E-state index in [4.69, 9.17) is 5.11 Å². The zero-order valence-corrected chi connectivity index (χ0v) is 5.85. The van der Waals surface area contributed by atoms with Crippen molar-refractivity contribution in [2.45, 2.75) is 25.8 Å². The molecule has 0 fully saturated rings. The maximum atomic E-state index is 9.90. The van der Waals surface area contributed by atoms with E-state index in [9.17, 15) is 4.79 Å². The molecule has 0 saturated carbocycles. The van der Waals surface area contributed by atoms with Crippen LogP contribution in [0.5, 0.6) is 0 Å². The maximum Gasteiger partial charge on any atom is 0.207 e. The molecule has 1 amide bonds. The Kier molecular flexibility index (Phi) is 3.24. The van der Waals surface area contributed by atoms with Gasteiger partial charge in [-0.25, -0.2) is 0 Å². The number of amides is 1. The summed E-state index contributed by atoms with van der Waals surface area (Å²) in [7, 11) is 0. The van der Waals surface area contributed by atoms with Crippen molar-refractivity contribution in [3.8, 4) is 0 Å². The zero-order chi connectivity index (χ0) is 7.33. The molecule has 0 bridgehead atoms. The summed E-state index contributed by atoms with van der Waals surface area (Å²) >= 11 is 0. The summed E-state index contributed by atoms with van der Waals surface area (Å²) in [6, 6.07) is 0.